The molecule has 0 fully saturated rings. The van der Waals surface area contributed by atoms with Crippen LogP contribution in [0.25, 0.3) is 22.1 Å². The fraction of sp³-hybridized carbons (Fsp3) is 0.500. The number of alkyl halides is 3. The number of rotatable bonds is 16. The van der Waals surface area contributed by atoms with Crippen molar-refractivity contribution in [2.75, 3.05) is 13.2 Å². The average molecular weight is 615 g/mol. The summed E-state index contributed by atoms with van der Waals surface area (Å²) in [4.78, 5) is 24.2. The number of unbranched alkanes of at least 4 members (excludes halogenated alkanes) is 2. The maximum atomic E-state index is 14.0. The molecule has 3 aromatic rings. The summed E-state index contributed by atoms with van der Waals surface area (Å²) in [5.74, 6) is 0.104. The molecule has 8 heteroatoms. The average Bonchev–Trinajstić information content (AvgIpc) is 2.94. The molecule has 0 aliphatic carbocycles. The van der Waals surface area contributed by atoms with E-state index in [9.17, 15) is 22.8 Å². The van der Waals surface area contributed by atoms with Gasteiger partial charge in [0.05, 0.1) is 24.3 Å². The maximum Gasteiger partial charge on any atom is 0.417 e. The van der Waals surface area contributed by atoms with E-state index in [0.29, 0.717) is 36.3 Å². The van der Waals surface area contributed by atoms with Gasteiger partial charge in [-0.2, -0.15) is 13.2 Å². The third kappa shape index (κ3) is 10.3. The molecule has 0 aliphatic rings. The van der Waals surface area contributed by atoms with Crippen LogP contribution in [0.1, 0.15) is 90.7 Å². The lowest BCUT2D eigenvalue weighted by Crippen LogP contribution is -2.25. The smallest absolute Gasteiger partial charge is 0.417 e. The van der Waals surface area contributed by atoms with E-state index in [1.807, 2.05) is 6.92 Å². The quantitative estimate of drug-likeness (QED) is 0.0695. The van der Waals surface area contributed by atoms with Crippen molar-refractivity contribution in [2.45, 2.75) is 92.2 Å². The fourth-order valence-corrected chi connectivity index (χ4v) is 5.86. The van der Waals surface area contributed by atoms with Gasteiger partial charge in [-0.15, -0.1) is 0 Å². The largest absolute Gasteiger partial charge is 0.493 e. The van der Waals surface area contributed by atoms with Gasteiger partial charge in [0.2, 0.25) is 0 Å². The predicted octanol–water partition coefficient (Wildman–Crippen LogP) is 9.93. The van der Waals surface area contributed by atoms with E-state index in [1.165, 1.54) is 18.2 Å². The van der Waals surface area contributed by atoms with Crippen LogP contribution in [0, 0.1) is 10.8 Å². The van der Waals surface area contributed by atoms with Crippen LogP contribution < -0.4 is 10.4 Å². The second-order valence-corrected chi connectivity index (χ2v) is 13.1. The lowest BCUT2D eigenvalue weighted by molar-refractivity contribution is -0.138. The van der Waals surface area contributed by atoms with Gasteiger partial charge in [-0.05, 0) is 79.2 Å². The van der Waals surface area contributed by atoms with Crippen LogP contribution in [0.5, 0.6) is 5.75 Å². The first kappa shape index (κ1) is 34.9. The number of ether oxygens (including phenoxy) is 2. The van der Waals surface area contributed by atoms with Gasteiger partial charge in [0.15, 0.2) is 0 Å². The second-order valence-electron chi connectivity index (χ2n) is 13.1. The Hall–Kier alpha value is -3.55. The van der Waals surface area contributed by atoms with Crippen molar-refractivity contribution in [2.24, 2.45) is 10.8 Å². The van der Waals surface area contributed by atoms with Gasteiger partial charge >= 0.3 is 17.8 Å². The summed E-state index contributed by atoms with van der Waals surface area (Å²) < 4.78 is 58.6. The molecule has 0 N–H and O–H groups in total. The van der Waals surface area contributed by atoms with Gasteiger partial charge in [-0.3, -0.25) is 0 Å². The highest BCUT2D eigenvalue weighted by Crippen LogP contribution is 2.40. The normalized spacial score (nSPS) is 12.4. The topological polar surface area (TPSA) is 65.7 Å². The van der Waals surface area contributed by atoms with Crippen LogP contribution in [-0.2, 0) is 22.1 Å². The molecule has 1 heterocycles. The number of esters is 1. The molecule has 0 radical (unpaired) electrons. The van der Waals surface area contributed by atoms with Crippen LogP contribution in [0.2, 0.25) is 0 Å². The summed E-state index contributed by atoms with van der Waals surface area (Å²) in [6, 6.07) is 10.6. The molecule has 0 spiro atoms. The fourth-order valence-electron chi connectivity index (χ4n) is 5.86. The monoisotopic (exact) mass is 614 g/mol. The van der Waals surface area contributed by atoms with Crippen molar-refractivity contribution in [3.63, 3.8) is 0 Å². The Morgan fingerprint density at radius 1 is 0.909 bits per heavy atom. The van der Waals surface area contributed by atoms with E-state index in [4.69, 9.17) is 13.9 Å². The third-order valence-electron chi connectivity index (χ3n) is 7.87. The highest BCUT2D eigenvalue weighted by molar-refractivity contribution is 5.83. The highest BCUT2D eigenvalue weighted by Gasteiger charge is 2.35. The Kier molecular flexibility index (Phi) is 11.9. The number of carbonyl (C=O) groups excluding carboxylic acids is 1. The van der Waals surface area contributed by atoms with Crippen molar-refractivity contribution < 1.29 is 31.9 Å². The second kappa shape index (κ2) is 15.0. The molecule has 3 rings (SSSR count). The van der Waals surface area contributed by atoms with E-state index in [2.05, 4.69) is 34.3 Å². The van der Waals surface area contributed by atoms with Crippen LogP contribution in [0.4, 0.5) is 13.2 Å². The first-order chi connectivity index (χ1) is 20.6. The van der Waals surface area contributed by atoms with E-state index >= 15 is 0 Å². The molecule has 0 atom stereocenters. The van der Waals surface area contributed by atoms with Gasteiger partial charge < -0.3 is 13.9 Å². The maximum absolute atomic E-state index is 14.0. The molecule has 240 valence electrons. The number of benzene rings is 2. The summed E-state index contributed by atoms with van der Waals surface area (Å²) in [6.45, 7) is 15.0. The van der Waals surface area contributed by atoms with Gasteiger partial charge in [0.25, 0.3) is 0 Å². The molecule has 1 aromatic heterocycles. The number of aryl methyl sites for hydroxylation is 1. The molecule has 5 nitrogen and oxygen atoms in total. The van der Waals surface area contributed by atoms with Crippen molar-refractivity contribution in [3.05, 3.63) is 76.7 Å². The van der Waals surface area contributed by atoms with Crippen molar-refractivity contribution in [1.82, 2.24) is 0 Å². The number of fused-ring (bicyclic) bond motifs is 1. The lowest BCUT2D eigenvalue weighted by Gasteiger charge is -2.35. The van der Waals surface area contributed by atoms with Crippen molar-refractivity contribution in [1.29, 1.82) is 0 Å². The molecule has 0 saturated heterocycles. The Morgan fingerprint density at radius 3 is 2.32 bits per heavy atom. The van der Waals surface area contributed by atoms with Crippen LogP contribution in [-0.4, -0.2) is 19.2 Å². The van der Waals surface area contributed by atoms with E-state index < -0.39 is 23.3 Å². The molecule has 2 aromatic carbocycles. The summed E-state index contributed by atoms with van der Waals surface area (Å²) >= 11 is 0. The summed E-state index contributed by atoms with van der Waals surface area (Å²) in [5.41, 5.74) is -1.11. The molecule has 0 amide bonds. The standard InChI is InChI=1S/C36H45F3O5/c1-7-9-10-12-25-13-16-28(30(21-25)36(37,38)39)29-22-26-14-15-27(23-31(26)44-33(29)41)42-19-11-17-34(3,4)24-35(5,6)18-20-43-32(40)8-2/h8,13-16,21-23H,2,7,9-12,17-20,24H2,1,3-6H3. The molecule has 0 unspecified atom stereocenters. The first-order valence-corrected chi connectivity index (χ1v) is 15.3. The lowest BCUT2D eigenvalue weighted by atomic mass is 9.71. The minimum Gasteiger partial charge on any atom is -0.493 e. The third-order valence-corrected chi connectivity index (χ3v) is 7.87. The van der Waals surface area contributed by atoms with Gasteiger partial charge in [-0.25, -0.2) is 9.59 Å². The zero-order chi connectivity index (χ0) is 32.5. The van der Waals surface area contributed by atoms with Crippen LogP contribution >= 0.6 is 0 Å². The Balaban J connectivity index is 1.66. The van der Waals surface area contributed by atoms with E-state index in [-0.39, 0.29) is 27.5 Å². The van der Waals surface area contributed by atoms with E-state index in [0.717, 1.165) is 51.0 Å². The summed E-state index contributed by atoms with van der Waals surface area (Å²) in [6.07, 6.45) is 3.23. The molecular formula is C36H45F3O5. The summed E-state index contributed by atoms with van der Waals surface area (Å²) in [5, 5.41) is 0.509. The Labute approximate surface area is 258 Å². The van der Waals surface area contributed by atoms with Gasteiger partial charge in [0.1, 0.15) is 11.3 Å². The minimum atomic E-state index is -4.61. The zero-order valence-corrected chi connectivity index (χ0v) is 26.6. The Morgan fingerprint density at radius 2 is 1.64 bits per heavy atom. The van der Waals surface area contributed by atoms with Crippen molar-refractivity contribution in [3.8, 4) is 16.9 Å². The Bertz CT molecular complexity index is 1480. The number of hydrogen-bond acceptors (Lipinski definition) is 5. The van der Waals surface area contributed by atoms with Crippen molar-refractivity contribution >= 4 is 16.9 Å². The SMILES string of the molecule is C=CC(=O)OCCC(C)(C)CC(C)(C)CCCOc1ccc2cc(-c3ccc(CCCCC)cc3C(F)(F)F)c(=O)oc2c1. The van der Waals surface area contributed by atoms with E-state index in [1.54, 1.807) is 24.3 Å². The number of halogens is 3. The minimum absolute atomic E-state index is 0.0158. The molecule has 44 heavy (non-hydrogen) atoms. The predicted molar refractivity (Wildman–Crippen MR) is 169 cm³/mol. The van der Waals surface area contributed by atoms with Crippen LogP contribution in [0.3, 0.4) is 0 Å². The molecule has 0 saturated carbocycles. The molecule has 0 aliphatic heterocycles. The highest BCUT2D eigenvalue weighted by atomic mass is 19.4. The number of hydrogen-bond donors (Lipinski definition) is 0. The van der Waals surface area contributed by atoms with Crippen LogP contribution in [0.15, 0.2) is 64.3 Å². The van der Waals surface area contributed by atoms with Gasteiger partial charge in [0, 0.05) is 23.1 Å². The zero-order valence-electron chi connectivity index (χ0n) is 26.6. The van der Waals surface area contributed by atoms with Gasteiger partial charge in [-0.1, -0.05) is 66.2 Å². The molecule has 0 bridgehead atoms. The summed E-state index contributed by atoms with van der Waals surface area (Å²) in [7, 11) is 0. The number of carbonyl (C=O) groups is 1. The first-order valence-electron chi connectivity index (χ1n) is 15.3. The molecular weight excluding hydrogens is 569 g/mol.